The number of rotatable bonds is 1. The van der Waals surface area contributed by atoms with Gasteiger partial charge in [-0.2, -0.15) is 5.26 Å². The van der Waals surface area contributed by atoms with Gasteiger partial charge in [-0.15, -0.1) is 0 Å². The van der Waals surface area contributed by atoms with E-state index >= 15 is 0 Å². The summed E-state index contributed by atoms with van der Waals surface area (Å²) in [4.78, 5) is 21.4. The molecule has 1 fully saturated rings. The zero-order valence-electron chi connectivity index (χ0n) is 11.6. The Balaban J connectivity index is 2.12. The van der Waals surface area contributed by atoms with Crippen LogP contribution in [0.4, 0.5) is 4.79 Å². The van der Waals surface area contributed by atoms with Crippen LogP contribution in [0, 0.1) is 11.3 Å². The summed E-state index contributed by atoms with van der Waals surface area (Å²) in [7, 11) is 0. The van der Waals surface area contributed by atoms with Gasteiger partial charge < -0.3 is 9.64 Å². The molecule has 0 bridgehead atoms. The number of likely N-dealkylation sites (tertiary alicyclic amines) is 1. The quantitative estimate of drug-likeness (QED) is 0.793. The number of nitrogens with zero attached hydrogens (tertiary/aromatic N) is 4. The number of halogens is 1. The fourth-order valence-corrected chi connectivity index (χ4v) is 2.26. The zero-order valence-corrected chi connectivity index (χ0v) is 12.3. The Morgan fingerprint density at radius 2 is 2.05 bits per heavy atom. The van der Waals surface area contributed by atoms with Crippen LogP contribution in [0.15, 0.2) is 12.4 Å². The van der Waals surface area contributed by atoms with Crippen LogP contribution in [-0.2, 0) is 10.2 Å². The minimum Gasteiger partial charge on any atom is -0.444 e. The van der Waals surface area contributed by atoms with E-state index in [1.165, 1.54) is 17.3 Å². The molecule has 2 rings (SSSR count). The molecule has 1 saturated heterocycles. The van der Waals surface area contributed by atoms with Crippen LogP contribution in [0.25, 0.3) is 0 Å². The fraction of sp³-hybridized carbons (Fsp3) is 0.538. The monoisotopic (exact) mass is 294 g/mol. The third kappa shape index (κ3) is 2.68. The topological polar surface area (TPSA) is 79.1 Å². The van der Waals surface area contributed by atoms with Gasteiger partial charge in [-0.1, -0.05) is 11.6 Å². The van der Waals surface area contributed by atoms with Crippen molar-refractivity contribution in [1.82, 2.24) is 14.9 Å². The predicted molar refractivity (Wildman–Crippen MR) is 72.1 cm³/mol. The van der Waals surface area contributed by atoms with E-state index in [9.17, 15) is 10.1 Å². The first-order chi connectivity index (χ1) is 9.27. The highest BCUT2D eigenvalue weighted by atomic mass is 35.5. The second-order valence-electron chi connectivity index (χ2n) is 5.73. The lowest BCUT2D eigenvalue weighted by Gasteiger charge is -2.44. The standard InChI is InChI=1S/C13H15ClN4O2/c1-12(2,3)20-11(19)18-7-13(6-15,8-18)9-10(14)17-5-4-16-9/h4-5H,7-8H2,1-3H3. The number of aromatic nitrogens is 2. The van der Waals surface area contributed by atoms with Gasteiger partial charge in [0.2, 0.25) is 0 Å². The molecule has 0 radical (unpaired) electrons. The first-order valence-corrected chi connectivity index (χ1v) is 6.51. The number of hydrogen-bond donors (Lipinski definition) is 0. The van der Waals surface area contributed by atoms with E-state index in [0.29, 0.717) is 5.69 Å². The molecule has 1 aromatic rings. The number of nitriles is 1. The summed E-state index contributed by atoms with van der Waals surface area (Å²) in [6, 6.07) is 2.18. The minimum atomic E-state index is -0.901. The Hall–Kier alpha value is -1.87. The largest absolute Gasteiger partial charge is 0.444 e. The average molecular weight is 295 g/mol. The van der Waals surface area contributed by atoms with E-state index in [2.05, 4.69) is 16.0 Å². The van der Waals surface area contributed by atoms with Gasteiger partial charge in [-0.25, -0.2) is 9.78 Å². The number of ether oxygens (including phenoxy) is 1. The van der Waals surface area contributed by atoms with Crippen LogP contribution >= 0.6 is 11.6 Å². The Labute approximate surface area is 122 Å². The van der Waals surface area contributed by atoms with E-state index < -0.39 is 17.1 Å². The predicted octanol–water partition coefficient (Wildman–Crippen LogP) is 2.14. The zero-order chi connectivity index (χ0) is 15.0. The summed E-state index contributed by atoms with van der Waals surface area (Å²) in [5.74, 6) is 0. The van der Waals surface area contributed by atoms with Crippen LogP contribution in [0.3, 0.4) is 0 Å². The van der Waals surface area contributed by atoms with Gasteiger partial charge in [-0.05, 0) is 20.8 Å². The number of hydrogen-bond acceptors (Lipinski definition) is 5. The molecule has 0 aliphatic carbocycles. The van der Waals surface area contributed by atoms with Crippen LogP contribution in [0.2, 0.25) is 5.15 Å². The second-order valence-corrected chi connectivity index (χ2v) is 6.08. The first kappa shape index (κ1) is 14.5. The summed E-state index contributed by atoms with van der Waals surface area (Å²) in [5, 5.41) is 9.58. The van der Waals surface area contributed by atoms with Crippen molar-refractivity contribution in [2.24, 2.45) is 0 Å². The van der Waals surface area contributed by atoms with E-state index in [0.717, 1.165) is 0 Å². The molecule has 106 valence electrons. The minimum absolute atomic E-state index is 0.192. The molecule has 7 heteroatoms. The molecule has 1 aliphatic rings. The van der Waals surface area contributed by atoms with Crippen molar-refractivity contribution in [2.45, 2.75) is 31.8 Å². The highest BCUT2D eigenvalue weighted by Gasteiger charge is 2.50. The Kier molecular flexibility index (Phi) is 3.57. The van der Waals surface area contributed by atoms with Crippen molar-refractivity contribution in [3.63, 3.8) is 0 Å². The smallest absolute Gasteiger partial charge is 0.410 e. The molecular weight excluding hydrogens is 280 g/mol. The molecule has 0 atom stereocenters. The second kappa shape index (κ2) is 4.91. The maximum atomic E-state index is 11.9. The molecule has 1 amide bonds. The summed E-state index contributed by atoms with van der Waals surface area (Å²) < 4.78 is 5.25. The fourth-order valence-electron chi connectivity index (χ4n) is 1.98. The average Bonchev–Trinajstić information content (AvgIpc) is 2.28. The number of carbonyl (C=O) groups excluding carboxylic acids is 1. The van der Waals surface area contributed by atoms with E-state index in [1.807, 2.05) is 0 Å². The lowest BCUT2D eigenvalue weighted by Crippen LogP contribution is -2.61. The molecule has 20 heavy (non-hydrogen) atoms. The van der Waals surface area contributed by atoms with Crippen LogP contribution < -0.4 is 0 Å². The summed E-state index contributed by atoms with van der Waals surface area (Å²) >= 11 is 5.97. The Morgan fingerprint density at radius 1 is 1.45 bits per heavy atom. The highest BCUT2D eigenvalue weighted by Crippen LogP contribution is 2.36. The van der Waals surface area contributed by atoms with Gasteiger partial charge in [0.25, 0.3) is 0 Å². The van der Waals surface area contributed by atoms with Gasteiger partial charge >= 0.3 is 6.09 Å². The molecule has 0 unspecified atom stereocenters. The van der Waals surface area contributed by atoms with Gasteiger partial charge in [0.1, 0.15) is 16.7 Å². The van der Waals surface area contributed by atoms with E-state index in [1.54, 1.807) is 20.8 Å². The molecule has 0 aromatic carbocycles. The number of carbonyl (C=O) groups is 1. The molecule has 1 aromatic heterocycles. The van der Waals surface area contributed by atoms with Crippen molar-refractivity contribution >= 4 is 17.7 Å². The lowest BCUT2D eigenvalue weighted by molar-refractivity contribution is -0.00104. The maximum Gasteiger partial charge on any atom is 0.410 e. The number of amides is 1. The van der Waals surface area contributed by atoms with Gasteiger partial charge in [0.15, 0.2) is 5.15 Å². The Morgan fingerprint density at radius 3 is 2.55 bits per heavy atom. The SMILES string of the molecule is CC(C)(C)OC(=O)N1CC(C#N)(c2nccnc2Cl)C1. The maximum absolute atomic E-state index is 11.9. The van der Waals surface area contributed by atoms with Crippen molar-refractivity contribution in [3.8, 4) is 6.07 Å². The molecule has 0 saturated carbocycles. The van der Waals surface area contributed by atoms with Crippen LogP contribution in [-0.4, -0.2) is 39.7 Å². The van der Waals surface area contributed by atoms with Gasteiger partial charge in [-0.3, -0.25) is 4.98 Å². The summed E-state index contributed by atoms with van der Waals surface area (Å²) in [6.45, 7) is 5.79. The normalized spacial score (nSPS) is 17.1. The third-order valence-electron chi connectivity index (χ3n) is 2.89. The highest BCUT2D eigenvalue weighted by molar-refractivity contribution is 6.30. The third-order valence-corrected chi connectivity index (χ3v) is 3.17. The molecule has 2 heterocycles. The molecule has 0 N–H and O–H groups in total. The van der Waals surface area contributed by atoms with E-state index in [4.69, 9.17) is 16.3 Å². The van der Waals surface area contributed by atoms with Crippen molar-refractivity contribution < 1.29 is 9.53 Å². The summed E-state index contributed by atoms with van der Waals surface area (Å²) in [5.41, 5.74) is -1.06. The molecule has 0 spiro atoms. The summed E-state index contributed by atoms with van der Waals surface area (Å²) in [6.07, 6.45) is 2.50. The van der Waals surface area contributed by atoms with Gasteiger partial charge in [0, 0.05) is 12.4 Å². The van der Waals surface area contributed by atoms with Gasteiger partial charge in [0.05, 0.1) is 19.2 Å². The first-order valence-electron chi connectivity index (χ1n) is 6.14. The van der Waals surface area contributed by atoms with Crippen molar-refractivity contribution in [1.29, 1.82) is 5.26 Å². The molecule has 1 aliphatic heterocycles. The molecular formula is C13H15ClN4O2. The lowest BCUT2D eigenvalue weighted by atomic mass is 9.78. The molecule has 6 nitrogen and oxygen atoms in total. The van der Waals surface area contributed by atoms with E-state index in [-0.39, 0.29) is 18.2 Å². The Bertz CT molecular complexity index is 570. The van der Waals surface area contributed by atoms with Crippen molar-refractivity contribution in [3.05, 3.63) is 23.2 Å². The van der Waals surface area contributed by atoms with Crippen LogP contribution in [0.1, 0.15) is 26.5 Å². The van der Waals surface area contributed by atoms with Crippen LogP contribution in [0.5, 0.6) is 0 Å². The van der Waals surface area contributed by atoms with Crippen molar-refractivity contribution in [2.75, 3.05) is 13.1 Å².